The maximum absolute atomic E-state index is 6.24. The van der Waals surface area contributed by atoms with Gasteiger partial charge in [0.2, 0.25) is 5.89 Å². The van der Waals surface area contributed by atoms with Crippen molar-refractivity contribution in [2.45, 2.75) is 24.3 Å². The van der Waals surface area contributed by atoms with Crippen LogP contribution in [0.5, 0.6) is 0 Å². The third kappa shape index (κ3) is 4.15. The first kappa shape index (κ1) is 17.7. The van der Waals surface area contributed by atoms with Gasteiger partial charge >= 0.3 is 0 Å². The molecule has 1 aromatic carbocycles. The highest BCUT2D eigenvalue weighted by Gasteiger charge is 2.12. The maximum Gasteiger partial charge on any atom is 0.276 e. The van der Waals surface area contributed by atoms with E-state index in [1.807, 2.05) is 41.9 Å². The molecule has 3 aromatic heterocycles. The Morgan fingerprint density at radius 2 is 1.92 bits per heavy atom. The van der Waals surface area contributed by atoms with Gasteiger partial charge in [0.25, 0.3) is 5.22 Å². The summed E-state index contributed by atoms with van der Waals surface area (Å²) in [4.78, 5) is 9.06. The lowest BCUT2D eigenvalue weighted by Gasteiger charge is -1.98. The van der Waals surface area contributed by atoms with E-state index >= 15 is 0 Å². The van der Waals surface area contributed by atoms with E-state index in [0.29, 0.717) is 28.3 Å². The van der Waals surface area contributed by atoms with Crippen molar-refractivity contribution in [2.24, 2.45) is 0 Å². The number of nitrogens with zero attached hydrogens (tertiary/aromatic N) is 4. The van der Waals surface area contributed by atoms with E-state index < -0.39 is 0 Å². The van der Waals surface area contributed by atoms with Crippen molar-refractivity contribution in [3.8, 4) is 10.6 Å². The van der Waals surface area contributed by atoms with Crippen molar-refractivity contribution in [1.82, 2.24) is 20.2 Å². The minimum atomic E-state index is 0.541. The van der Waals surface area contributed by atoms with Gasteiger partial charge in [-0.1, -0.05) is 41.6 Å². The van der Waals surface area contributed by atoms with Crippen molar-refractivity contribution in [3.05, 3.63) is 62.3 Å². The van der Waals surface area contributed by atoms with Crippen molar-refractivity contribution < 1.29 is 4.42 Å². The zero-order valence-electron chi connectivity index (χ0n) is 13.7. The average Bonchev–Trinajstić information content (AvgIpc) is 3.36. The second kappa shape index (κ2) is 7.87. The van der Waals surface area contributed by atoms with Crippen LogP contribution in [0.15, 0.2) is 44.7 Å². The normalized spacial score (nSPS) is 11.2. The van der Waals surface area contributed by atoms with Crippen molar-refractivity contribution >= 4 is 46.0 Å². The molecule has 3 heterocycles. The highest BCUT2D eigenvalue weighted by atomic mass is 35.5. The molecular formula is C17H13ClN4OS3. The van der Waals surface area contributed by atoms with Crippen molar-refractivity contribution in [3.63, 3.8) is 0 Å². The second-order valence-electron chi connectivity index (χ2n) is 5.41. The van der Waals surface area contributed by atoms with E-state index in [1.54, 1.807) is 22.7 Å². The summed E-state index contributed by atoms with van der Waals surface area (Å²) in [5, 5.41) is 15.4. The number of benzene rings is 1. The molecule has 0 saturated carbocycles. The highest BCUT2D eigenvalue weighted by Crippen LogP contribution is 2.31. The van der Waals surface area contributed by atoms with Gasteiger partial charge in [-0.2, -0.15) is 0 Å². The quantitative estimate of drug-likeness (QED) is 0.384. The molecule has 0 fully saturated rings. The Hall–Kier alpha value is -1.74. The van der Waals surface area contributed by atoms with E-state index in [1.165, 1.54) is 11.8 Å². The van der Waals surface area contributed by atoms with E-state index in [9.17, 15) is 0 Å². The number of rotatable bonds is 6. The second-order valence-corrected chi connectivity index (χ2v) is 8.66. The summed E-state index contributed by atoms with van der Waals surface area (Å²) in [5.41, 5.74) is 2.87. The van der Waals surface area contributed by atoms with Gasteiger partial charge in [-0.25, -0.2) is 9.97 Å². The minimum absolute atomic E-state index is 0.541. The van der Waals surface area contributed by atoms with Gasteiger partial charge in [-0.05, 0) is 13.0 Å². The fourth-order valence-corrected chi connectivity index (χ4v) is 4.81. The van der Waals surface area contributed by atoms with Crippen LogP contribution in [0, 0.1) is 6.92 Å². The Morgan fingerprint density at radius 3 is 2.73 bits per heavy atom. The smallest absolute Gasteiger partial charge is 0.276 e. The lowest BCUT2D eigenvalue weighted by atomic mass is 10.2. The number of aromatic nitrogens is 4. The van der Waals surface area contributed by atoms with Gasteiger partial charge in [0, 0.05) is 22.1 Å². The van der Waals surface area contributed by atoms with E-state index in [4.69, 9.17) is 16.0 Å². The monoisotopic (exact) mass is 420 g/mol. The van der Waals surface area contributed by atoms with E-state index in [-0.39, 0.29) is 0 Å². The third-order valence-corrected chi connectivity index (χ3v) is 6.38. The average molecular weight is 421 g/mol. The van der Waals surface area contributed by atoms with Crippen LogP contribution in [0.3, 0.4) is 0 Å². The van der Waals surface area contributed by atoms with Gasteiger partial charge in [0.05, 0.1) is 27.8 Å². The summed E-state index contributed by atoms with van der Waals surface area (Å²) in [6, 6.07) is 7.72. The van der Waals surface area contributed by atoms with Crippen LogP contribution in [-0.2, 0) is 12.2 Å². The van der Waals surface area contributed by atoms with Gasteiger partial charge in [-0.3, -0.25) is 0 Å². The van der Waals surface area contributed by atoms with Crippen LogP contribution >= 0.6 is 46.0 Å². The Balaban J connectivity index is 1.38. The largest absolute Gasteiger partial charge is 0.416 e. The molecule has 5 nitrogen and oxygen atoms in total. The van der Waals surface area contributed by atoms with Crippen LogP contribution in [0.1, 0.15) is 22.3 Å². The molecule has 132 valence electrons. The first-order valence-corrected chi connectivity index (χ1v) is 10.8. The van der Waals surface area contributed by atoms with Gasteiger partial charge < -0.3 is 4.42 Å². The molecule has 0 saturated heterocycles. The maximum atomic E-state index is 6.24. The molecule has 4 rings (SSSR count). The number of aryl methyl sites for hydroxylation is 1. The van der Waals surface area contributed by atoms with Crippen molar-refractivity contribution in [2.75, 3.05) is 0 Å². The molecule has 0 aliphatic rings. The predicted molar refractivity (Wildman–Crippen MR) is 106 cm³/mol. The summed E-state index contributed by atoms with van der Waals surface area (Å²) in [6.45, 7) is 1.98. The minimum Gasteiger partial charge on any atom is -0.416 e. The number of hydrogen-bond donors (Lipinski definition) is 0. The van der Waals surface area contributed by atoms with E-state index in [2.05, 4.69) is 20.2 Å². The Bertz CT molecular complexity index is 1030. The molecule has 0 spiro atoms. The molecule has 0 amide bonds. The first-order chi connectivity index (χ1) is 12.7. The molecule has 0 atom stereocenters. The van der Waals surface area contributed by atoms with Crippen LogP contribution in [0.2, 0.25) is 5.02 Å². The number of halogens is 1. The highest BCUT2D eigenvalue weighted by molar-refractivity contribution is 7.98. The summed E-state index contributed by atoms with van der Waals surface area (Å²) >= 11 is 10.9. The summed E-state index contributed by atoms with van der Waals surface area (Å²) < 4.78 is 5.69. The van der Waals surface area contributed by atoms with Crippen LogP contribution < -0.4 is 0 Å². The zero-order chi connectivity index (χ0) is 17.9. The molecule has 26 heavy (non-hydrogen) atoms. The van der Waals surface area contributed by atoms with E-state index in [0.717, 1.165) is 27.0 Å². The number of thiazole rings is 2. The molecule has 0 aliphatic carbocycles. The molecule has 0 radical (unpaired) electrons. The topological polar surface area (TPSA) is 64.7 Å². The first-order valence-electron chi connectivity index (χ1n) is 7.73. The Morgan fingerprint density at radius 1 is 1.08 bits per heavy atom. The fraction of sp³-hybridized carbons (Fsp3) is 0.176. The van der Waals surface area contributed by atoms with Gasteiger partial charge in [-0.15, -0.1) is 32.9 Å². The lowest BCUT2D eigenvalue weighted by molar-refractivity contribution is 0.419. The predicted octanol–water partition coefficient (Wildman–Crippen LogP) is 5.49. The molecular weight excluding hydrogens is 408 g/mol. The zero-order valence-corrected chi connectivity index (χ0v) is 16.9. The summed E-state index contributed by atoms with van der Waals surface area (Å²) in [5.74, 6) is 1.24. The Labute approximate surface area is 167 Å². The number of hydrogen-bond acceptors (Lipinski definition) is 8. The summed E-state index contributed by atoms with van der Waals surface area (Å²) in [6.07, 6.45) is 0.561. The van der Waals surface area contributed by atoms with Crippen LogP contribution in [0.4, 0.5) is 0 Å². The summed E-state index contributed by atoms with van der Waals surface area (Å²) in [7, 11) is 0. The molecule has 0 unspecified atom stereocenters. The third-order valence-electron chi connectivity index (χ3n) is 3.45. The van der Waals surface area contributed by atoms with Crippen molar-refractivity contribution in [1.29, 1.82) is 0 Å². The van der Waals surface area contributed by atoms with Gasteiger partial charge in [0.15, 0.2) is 0 Å². The molecule has 0 aliphatic heterocycles. The SMILES string of the molecule is Cc1nc(Cc2nnc(SCc3csc(-c4ccccc4Cl)n3)o2)cs1. The molecule has 0 bridgehead atoms. The Kier molecular flexibility index (Phi) is 5.35. The van der Waals surface area contributed by atoms with Crippen LogP contribution in [0.25, 0.3) is 10.6 Å². The standard InChI is InChI=1S/C17H13ClN4OS3/c1-10-19-11(7-24-10)6-15-21-22-17(23-15)26-9-12-8-25-16(20-12)13-4-2-3-5-14(13)18/h2-5,7-8H,6,9H2,1H3. The van der Waals surface area contributed by atoms with Gasteiger partial charge in [0.1, 0.15) is 5.01 Å². The molecule has 4 aromatic rings. The fourth-order valence-electron chi connectivity index (χ4n) is 2.28. The van der Waals surface area contributed by atoms with Crippen LogP contribution in [-0.4, -0.2) is 20.2 Å². The lowest BCUT2D eigenvalue weighted by Crippen LogP contribution is -1.88. The number of thioether (sulfide) groups is 1. The molecule has 0 N–H and O–H groups in total. The molecule has 9 heteroatoms.